The predicted molar refractivity (Wildman–Crippen MR) is 115 cm³/mol. The second-order valence-corrected chi connectivity index (χ2v) is 10.8. The molecule has 0 bridgehead atoms. The van der Waals surface area contributed by atoms with Crippen molar-refractivity contribution in [1.82, 2.24) is 4.57 Å². The predicted octanol–water partition coefficient (Wildman–Crippen LogP) is 3.97. The average Bonchev–Trinajstić information content (AvgIpc) is 2.95. The monoisotopic (exact) mass is 484 g/mol. The first-order chi connectivity index (χ1) is 12.8. The lowest BCUT2D eigenvalue weighted by atomic mass is 10.2. The Bertz CT molecular complexity index is 1160. The van der Waals surface area contributed by atoms with Crippen LogP contribution in [0.3, 0.4) is 0 Å². The van der Waals surface area contributed by atoms with Crippen LogP contribution in [-0.4, -0.2) is 37.2 Å². The average molecular weight is 485 g/mol. The van der Waals surface area contributed by atoms with Crippen molar-refractivity contribution in [2.75, 3.05) is 18.3 Å². The van der Waals surface area contributed by atoms with Crippen molar-refractivity contribution in [1.29, 1.82) is 0 Å². The Morgan fingerprint density at radius 1 is 1.22 bits per heavy atom. The Hall–Kier alpha value is -1.42. The molecule has 0 saturated carbocycles. The number of halogens is 1. The summed E-state index contributed by atoms with van der Waals surface area (Å²) < 4.78 is 27.2. The molecule has 9 heteroatoms. The summed E-state index contributed by atoms with van der Waals surface area (Å²) in [7, 11) is -3.29. The summed E-state index contributed by atoms with van der Waals surface area (Å²) in [6, 6.07) is 11.9. The van der Waals surface area contributed by atoms with Crippen LogP contribution < -0.4 is 4.80 Å². The number of aryl methyl sites for hydroxylation is 1. The molecule has 1 amide bonds. The zero-order valence-corrected chi connectivity index (χ0v) is 18.7. The Balaban J connectivity index is 2.04. The van der Waals surface area contributed by atoms with Crippen molar-refractivity contribution >= 4 is 65.0 Å². The van der Waals surface area contributed by atoms with Crippen molar-refractivity contribution in [3.8, 4) is 0 Å². The number of aromatic nitrogens is 1. The fraction of sp³-hybridized carbons (Fsp3) is 0.222. The highest BCUT2D eigenvalue weighted by Gasteiger charge is 2.11. The molecule has 5 nitrogen and oxygen atoms in total. The van der Waals surface area contributed by atoms with E-state index in [0.717, 1.165) is 33.2 Å². The maximum Gasteiger partial charge on any atom is 0.279 e. The van der Waals surface area contributed by atoms with Crippen LogP contribution in [0.4, 0.5) is 0 Å². The van der Waals surface area contributed by atoms with Gasteiger partial charge < -0.3 is 4.57 Å². The van der Waals surface area contributed by atoms with Gasteiger partial charge >= 0.3 is 0 Å². The van der Waals surface area contributed by atoms with Crippen LogP contribution in [0.15, 0.2) is 56.8 Å². The van der Waals surface area contributed by atoms with Gasteiger partial charge in [0.25, 0.3) is 5.91 Å². The third-order valence-electron chi connectivity index (χ3n) is 3.89. The van der Waals surface area contributed by atoms with Crippen molar-refractivity contribution in [3.05, 3.63) is 57.3 Å². The summed E-state index contributed by atoms with van der Waals surface area (Å²) in [6.45, 7) is 0.752. The quantitative estimate of drug-likeness (QED) is 0.549. The maximum absolute atomic E-state index is 12.6. The molecule has 3 aromatic rings. The Kier molecular flexibility index (Phi) is 6.25. The van der Waals surface area contributed by atoms with Gasteiger partial charge in [0.2, 0.25) is 0 Å². The molecule has 0 fully saturated rings. The summed E-state index contributed by atoms with van der Waals surface area (Å²) in [5.74, 6) is 0.519. The molecule has 1 heterocycles. The van der Waals surface area contributed by atoms with E-state index in [2.05, 4.69) is 20.9 Å². The summed E-state index contributed by atoms with van der Waals surface area (Å²) in [5, 5.41) is 0. The number of thioether (sulfide) groups is 1. The van der Waals surface area contributed by atoms with E-state index < -0.39 is 15.7 Å². The molecule has 0 spiro atoms. The molecule has 0 atom stereocenters. The fourth-order valence-corrected chi connectivity index (χ4v) is 5.13. The smallest absolute Gasteiger partial charge is 0.279 e. The lowest BCUT2D eigenvalue weighted by Crippen LogP contribution is -2.18. The summed E-state index contributed by atoms with van der Waals surface area (Å²) in [6.07, 6.45) is 3.18. The SMILES string of the molecule is CSCCn1c(=NC(=O)c2ccc(S(C)(=O)=O)cc2)sc2cc(Br)ccc21. The van der Waals surface area contributed by atoms with Crippen LogP contribution in [0.1, 0.15) is 10.4 Å². The number of hydrogen-bond acceptors (Lipinski definition) is 5. The normalized spacial score (nSPS) is 12.6. The third kappa shape index (κ3) is 4.71. The highest BCUT2D eigenvalue weighted by Crippen LogP contribution is 2.22. The molecule has 142 valence electrons. The second kappa shape index (κ2) is 8.30. The summed E-state index contributed by atoms with van der Waals surface area (Å²) >= 11 is 6.67. The van der Waals surface area contributed by atoms with Crippen molar-refractivity contribution in [2.45, 2.75) is 11.4 Å². The molecule has 0 unspecified atom stereocenters. The number of hydrogen-bond donors (Lipinski definition) is 0. The Morgan fingerprint density at radius 3 is 2.56 bits per heavy atom. The standard InChI is InChI=1S/C18H17BrN2O3S3/c1-25-10-9-21-15-8-5-13(19)11-16(15)26-18(21)20-17(22)12-3-6-14(7-4-12)27(2,23)24/h3-8,11H,9-10H2,1-2H3. The first kappa shape index (κ1) is 20.3. The zero-order valence-electron chi connectivity index (χ0n) is 14.7. The number of thiazole rings is 1. The molecular weight excluding hydrogens is 468 g/mol. The molecule has 3 rings (SSSR count). The largest absolute Gasteiger partial charge is 0.316 e. The topological polar surface area (TPSA) is 68.5 Å². The van der Waals surface area contributed by atoms with E-state index in [4.69, 9.17) is 0 Å². The number of amides is 1. The van der Waals surface area contributed by atoms with Crippen molar-refractivity contribution in [2.24, 2.45) is 4.99 Å². The van der Waals surface area contributed by atoms with Crippen LogP contribution in [0.5, 0.6) is 0 Å². The molecule has 0 saturated heterocycles. The van der Waals surface area contributed by atoms with Gasteiger partial charge in [-0.25, -0.2) is 8.42 Å². The van der Waals surface area contributed by atoms with E-state index in [1.54, 1.807) is 11.8 Å². The maximum atomic E-state index is 12.6. The Labute approximate surface area is 174 Å². The number of sulfone groups is 1. The van der Waals surface area contributed by atoms with Crippen LogP contribution in [-0.2, 0) is 16.4 Å². The van der Waals surface area contributed by atoms with E-state index in [1.165, 1.54) is 35.6 Å². The third-order valence-corrected chi connectivity index (χ3v) is 7.14. The van der Waals surface area contributed by atoms with Gasteiger partial charge in [-0.15, -0.1) is 0 Å². The van der Waals surface area contributed by atoms with Gasteiger partial charge in [-0.1, -0.05) is 27.3 Å². The number of rotatable bonds is 5. The van der Waals surface area contributed by atoms with Crippen LogP contribution >= 0.6 is 39.0 Å². The highest BCUT2D eigenvalue weighted by molar-refractivity contribution is 9.10. The fourth-order valence-electron chi connectivity index (χ4n) is 2.53. The molecule has 0 N–H and O–H groups in total. The molecule has 0 aliphatic carbocycles. The van der Waals surface area contributed by atoms with Gasteiger partial charge in [-0.05, 0) is 48.7 Å². The van der Waals surface area contributed by atoms with Gasteiger partial charge in [0.1, 0.15) is 0 Å². The van der Waals surface area contributed by atoms with E-state index >= 15 is 0 Å². The van der Waals surface area contributed by atoms with Crippen molar-refractivity contribution in [3.63, 3.8) is 0 Å². The molecular formula is C18H17BrN2O3S3. The zero-order chi connectivity index (χ0) is 19.6. The van der Waals surface area contributed by atoms with Gasteiger partial charge in [-0.2, -0.15) is 16.8 Å². The van der Waals surface area contributed by atoms with Crippen LogP contribution in [0.2, 0.25) is 0 Å². The van der Waals surface area contributed by atoms with Crippen LogP contribution in [0, 0.1) is 0 Å². The molecule has 1 aromatic heterocycles. The lowest BCUT2D eigenvalue weighted by molar-refractivity contribution is 0.0997. The van der Waals surface area contributed by atoms with Gasteiger partial charge in [-0.3, -0.25) is 4.79 Å². The number of benzene rings is 2. The molecule has 2 aromatic carbocycles. The highest BCUT2D eigenvalue weighted by atomic mass is 79.9. The van der Waals surface area contributed by atoms with Gasteiger partial charge in [0.05, 0.1) is 15.1 Å². The summed E-state index contributed by atoms with van der Waals surface area (Å²) in [4.78, 5) is 17.7. The van der Waals surface area contributed by atoms with Crippen molar-refractivity contribution < 1.29 is 13.2 Å². The minimum atomic E-state index is -3.29. The first-order valence-electron chi connectivity index (χ1n) is 7.96. The second-order valence-electron chi connectivity index (χ2n) is 5.85. The van der Waals surface area contributed by atoms with Crippen LogP contribution in [0.25, 0.3) is 10.2 Å². The lowest BCUT2D eigenvalue weighted by Gasteiger charge is -2.04. The van der Waals surface area contributed by atoms with Gasteiger partial charge in [0, 0.05) is 28.6 Å². The van der Waals surface area contributed by atoms with Gasteiger partial charge in [0.15, 0.2) is 14.6 Å². The Morgan fingerprint density at radius 2 is 1.93 bits per heavy atom. The van der Waals surface area contributed by atoms with E-state index in [-0.39, 0.29) is 4.90 Å². The minimum absolute atomic E-state index is 0.181. The van der Waals surface area contributed by atoms with E-state index in [0.29, 0.717) is 10.4 Å². The van der Waals surface area contributed by atoms with E-state index in [1.807, 2.05) is 29.0 Å². The molecule has 0 aliphatic heterocycles. The number of carbonyl (C=O) groups is 1. The molecule has 27 heavy (non-hydrogen) atoms. The number of fused-ring (bicyclic) bond motifs is 1. The number of nitrogens with zero attached hydrogens (tertiary/aromatic N) is 2. The minimum Gasteiger partial charge on any atom is -0.316 e. The first-order valence-corrected chi connectivity index (χ1v) is 12.9. The molecule has 0 aliphatic rings. The number of carbonyl (C=O) groups excluding carboxylic acids is 1. The summed E-state index contributed by atoms with van der Waals surface area (Å²) in [5.41, 5.74) is 1.40. The van der Waals surface area contributed by atoms with E-state index in [9.17, 15) is 13.2 Å². The molecule has 0 radical (unpaired) electrons.